The van der Waals surface area contributed by atoms with Gasteiger partial charge in [0.2, 0.25) is 0 Å². The number of amides is 2. The summed E-state index contributed by atoms with van der Waals surface area (Å²) < 4.78 is 0. The van der Waals surface area contributed by atoms with Crippen molar-refractivity contribution in [3.8, 4) is 0 Å². The largest absolute Gasteiger partial charge is 0.478 e. The van der Waals surface area contributed by atoms with Crippen molar-refractivity contribution in [1.29, 1.82) is 0 Å². The topological polar surface area (TPSA) is 95.7 Å². The Balaban J connectivity index is 2.19. The third kappa shape index (κ3) is 3.52. The van der Waals surface area contributed by atoms with Gasteiger partial charge in [0.1, 0.15) is 0 Å². The molecule has 4 N–H and O–H groups in total. The van der Waals surface area contributed by atoms with Crippen molar-refractivity contribution < 1.29 is 14.7 Å². The second-order valence-electron chi connectivity index (χ2n) is 5.56. The number of carbonyl (C=O) groups excluding carboxylic acids is 1. The maximum atomic E-state index is 12.3. The molecule has 21 heavy (non-hydrogen) atoms. The fourth-order valence-corrected chi connectivity index (χ4v) is 2.59. The Morgan fingerprint density at radius 3 is 2.48 bits per heavy atom. The second kappa shape index (κ2) is 6.13. The highest BCUT2D eigenvalue weighted by Crippen LogP contribution is 2.24. The summed E-state index contributed by atoms with van der Waals surface area (Å²) in [4.78, 5) is 25.3. The van der Waals surface area contributed by atoms with Crippen LogP contribution in [0.25, 0.3) is 0 Å². The van der Waals surface area contributed by atoms with E-state index in [1.54, 1.807) is 17.9 Å². The molecule has 1 aliphatic rings. The maximum Gasteiger partial charge on any atom is 0.337 e. The summed E-state index contributed by atoms with van der Waals surface area (Å²) in [5, 5.41) is 12.0. The first-order valence-electron chi connectivity index (χ1n) is 7.04. The standard InChI is InChI=1S/C15H21N3O3/c1-9-7-10(2)13(12(8-9)14(19)20)17-15(21)18-5-3-11(16)4-6-18/h7-8,11H,3-6,16H2,1-2H3,(H,17,21)(H,19,20). The van der Waals surface area contributed by atoms with Crippen molar-refractivity contribution in [2.75, 3.05) is 18.4 Å². The molecule has 114 valence electrons. The number of carbonyl (C=O) groups is 2. The predicted molar refractivity (Wildman–Crippen MR) is 80.7 cm³/mol. The minimum absolute atomic E-state index is 0.120. The van der Waals surface area contributed by atoms with Crippen LogP contribution in [0.2, 0.25) is 0 Å². The molecule has 1 fully saturated rings. The van der Waals surface area contributed by atoms with Crippen molar-refractivity contribution >= 4 is 17.7 Å². The summed E-state index contributed by atoms with van der Waals surface area (Å²) in [6.07, 6.45) is 1.54. The second-order valence-corrected chi connectivity index (χ2v) is 5.56. The highest BCUT2D eigenvalue weighted by atomic mass is 16.4. The molecule has 1 aliphatic heterocycles. The smallest absolute Gasteiger partial charge is 0.337 e. The fourth-order valence-electron chi connectivity index (χ4n) is 2.59. The number of nitrogens with zero attached hydrogens (tertiary/aromatic N) is 1. The number of carboxylic acids is 1. The summed E-state index contributed by atoms with van der Waals surface area (Å²) in [6.45, 7) is 4.82. The molecule has 1 saturated heterocycles. The summed E-state index contributed by atoms with van der Waals surface area (Å²) in [5.74, 6) is -1.04. The molecule has 0 atom stereocenters. The molecule has 0 radical (unpaired) electrons. The minimum atomic E-state index is -1.04. The van der Waals surface area contributed by atoms with E-state index in [9.17, 15) is 14.7 Å². The molecular formula is C15H21N3O3. The summed E-state index contributed by atoms with van der Waals surface area (Å²) in [5.41, 5.74) is 7.91. The predicted octanol–water partition coefficient (Wildman–Crippen LogP) is 1.96. The lowest BCUT2D eigenvalue weighted by Crippen LogP contribution is -2.44. The average Bonchev–Trinajstić information content (AvgIpc) is 2.41. The number of piperidine rings is 1. The molecule has 6 nitrogen and oxygen atoms in total. The van der Waals surface area contributed by atoms with E-state index >= 15 is 0 Å². The van der Waals surface area contributed by atoms with Gasteiger partial charge in [0.25, 0.3) is 0 Å². The number of nitrogens with two attached hydrogens (primary N) is 1. The number of nitrogens with one attached hydrogen (secondary N) is 1. The van der Waals surface area contributed by atoms with E-state index in [-0.39, 0.29) is 17.6 Å². The number of aryl methyl sites for hydroxylation is 2. The Morgan fingerprint density at radius 1 is 1.29 bits per heavy atom. The van der Waals surface area contributed by atoms with Crippen molar-refractivity contribution in [3.05, 3.63) is 28.8 Å². The number of aromatic carboxylic acids is 1. The van der Waals surface area contributed by atoms with E-state index in [0.29, 0.717) is 18.8 Å². The van der Waals surface area contributed by atoms with Gasteiger partial charge in [-0.25, -0.2) is 9.59 Å². The summed E-state index contributed by atoms with van der Waals surface area (Å²) >= 11 is 0. The van der Waals surface area contributed by atoms with Crippen LogP contribution < -0.4 is 11.1 Å². The average molecular weight is 291 g/mol. The van der Waals surface area contributed by atoms with Gasteiger partial charge in [-0.1, -0.05) is 6.07 Å². The van der Waals surface area contributed by atoms with E-state index in [1.165, 1.54) is 0 Å². The van der Waals surface area contributed by atoms with Crippen LogP contribution in [-0.2, 0) is 0 Å². The van der Waals surface area contributed by atoms with E-state index in [1.807, 2.05) is 13.0 Å². The Morgan fingerprint density at radius 2 is 1.90 bits per heavy atom. The maximum absolute atomic E-state index is 12.3. The molecule has 0 bridgehead atoms. The van der Waals surface area contributed by atoms with E-state index in [4.69, 9.17) is 5.73 Å². The lowest BCUT2D eigenvalue weighted by atomic mass is 10.0. The van der Waals surface area contributed by atoms with Crippen LogP contribution in [0.5, 0.6) is 0 Å². The van der Waals surface area contributed by atoms with Crippen LogP contribution in [0.15, 0.2) is 12.1 Å². The zero-order chi connectivity index (χ0) is 15.6. The Hall–Kier alpha value is -2.08. The number of likely N-dealkylation sites (tertiary alicyclic amines) is 1. The van der Waals surface area contributed by atoms with Crippen LogP contribution in [0, 0.1) is 13.8 Å². The first-order valence-corrected chi connectivity index (χ1v) is 7.04. The molecule has 0 spiro atoms. The van der Waals surface area contributed by atoms with Crippen LogP contribution in [0.1, 0.15) is 34.3 Å². The van der Waals surface area contributed by atoms with Crippen LogP contribution >= 0.6 is 0 Å². The molecule has 2 amide bonds. The Kier molecular flexibility index (Phi) is 4.47. The van der Waals surface area contributed by atoms with Gasteiger partial charge in [0.05, 0.1) is 11.3 Å². The molecule has 0 aromatic heterocycles. The molecule has 1 heterocycles. The summed E-state index contributed by atoms with van der Waals surface area (Å²) in [7, 11) is 0. The highest BCUT2D eigenvalue weighted by Gasteiger charge is 2.22. The molecule has 6 heteroatoms. The lowest BCUT2D eigenvalue weighted by molar-refractivity contribution is 0.0698. The zero-order valence-electron chi connectivity index (χ0n) is 12.3. The SMILES string of the molecule is Cc1cc(C)c(NC(=O)N2CCC(N)CC2)c(C(=O)O)c1. The lowest BCUT2D eigenvalue weighted by Gasteiger charge is -2.30. The van der Waals surface area contributed by atoms with Gasteiger partial charge in [-0.2, -0.15) is 0 Å². The number of anilines is 1. The molecule has 2 rings (SSSR count). The van der Waals surface area contributed by atoms with Gasteiger partial charge in [-0.15, -0.1) is 0 Å². The molecule has 1 aromatic carbocycles. The van der Waals surface area contributed by atoms with Gasteiger partial charge in [-0.05, 0) is 43.9 Å². The minimum Gasteiger partial charge on any atom is -0.478 e. The number of urea groups is 1. The normalized spacial score (nSPS) is 15.9. The number of benzene rings is 1. The molecule has 1 aromatic rings. The van der Waals surface area contributed by atoms with E-state index < -0.39 is 5.97 Å². The molecule has 0 aliphatic carbocycles. The number of hydrogen-bond acceptors (Lipinski definition) is 3. The molecule has 0 unspecified atom stereocenters. The fraction of sp³-hybridized carbons (Fsp3) is 0.467. The van der Waals surface area contributed by atoms with Crippen LogP contribution in [0.4, 0.5) is 10.5 Å². The highest BCUT2D eigenvalue weighted by molar-refractivity contribution is 6.01. The van der Waals surface area contributed by atoms with Gasteiger partial charge < -0.3 is 21.1 Å². The quantitative estimate of drug-likeness (QED) is 0.776. The van der Waals surface area contributed by atoms with Crippen LogP contribution in [0.3, 0.4) is 0 Å². The third-order valence-corrected chi connectivity index (χ3v) is 3.77. The van der Waals surface area contributed by atoms with Crippen molar-refractivity contribution in [2.24, 2.45) is 5.73 Å². The molecule has 0 saturated carbocycles. The molecular weight excluding hydrogens is 270 g/mol. The number of carboxylic acid groups (broad SMARTS) is 1. The Labute approximate surface area is 123 Å². The third-order valence-electron chi connectivity index (χ3n) is 3.77. The van der Waals surface area contributed by atoms with Gasteiger partial charge >= 0.3 is 12.0 Å². The first kappa shape index (κ1) is 15.3. The Bertz CT molecular complexity index is 564. The number of hydrogen-bond donors (Lipinski definition) is 3. The van der Waals surface area contributed by atoms with Crippen LogP contribution in [-0.4, -0.2) is 41.1 Å². The zero-order valence-corrected chi connectivity index (χ0v) is 12.3. The van der Waals surface area contributed by atoms with Gasteiger partial charge in [0, 0.05) is 19.1 Å². The van der Waals surface area contributed by atoms with Crippen molar-refractivity contribution in [2.45, 2.75) is 32.7 Å². The summed E-state index contributed by atoms with van der Waals surface area (Å²) in [6, 6.07) is 3.30. The van der Waals surface area contributed by atoms with Gasteiger partial charge in [-0.3, -0.25) is 0 Å². The monoisotopic (exact) mass is 291 g/mol. The van der Waals surface area contributed by atoms with E-state index in [2.05, 4.69) is 5.32 Å². The number of rotatable bonds is 2. The first-order chi connectivity index (χ1) is 9.88. The van der Waals surface area contributed by atoms with Gasteiger partial charge in [0.15, 0.2) is 0 Å². The van der Waals surface area contributed by atoms with Crippen molar-refractivity contribution in [1.82, 2.24) is 4.90 Å². The van der Waals surface area contributed by atoms with E-state index in [0.717, 1.165) is 24.0 Å². The van der Waals surface area contributed by atoms with Crippen molar-refractivity contribution in [3.63, 3.8) is 0 Å².